The zero-order valence-electron chi connectivity index (χ0n) is 7.06. The lowest BCUT2D eigenvalue weighted by Crippen LogP contribution is -1.89. The lowest BCUT2D eigenvalue weighted by atomic mass is 10.3. The lowest BCUT2D eigenvalue weighted by molar-refractivity contribution is 0.439. The van der Waals surface area contributed by atoms with E-state index in [1.807, 2.05) is 6.92 Å². The number of nitrogens with zero attached hydrogens (tertiary/aromatic N) is 3. The number of hydrogen-bond donors (Lipinski definition) is 1. The van der Waals surface area contributed by atoms with Gasteiger partial charge in [0, 0.05) is 12.3 Å². The molecule has 2 heterocycles. The van der Waals surface area contributed by atoms with Crippen LogP contribution in [0.25, 0.3) is 11.4 Å². The molecular weight excluding hydrogens is 168 g/mol. The molecule has 0 atom stereocenters. The molecule has 0 saturated heterocycles. The molecule has 2 N–H and O–H groups in total. The first-order valence-electron chi connectivity index (χ1n) is 3.78. The maximum Gasteiger partial charge on any atom is 0.222 e. The second kappa shape index (κ2) is 2.85. The third-order valence-electron chi connectivity index (χ3n) is 1.57. The number of hydrogen-bond acceptors (Lipinski definition) is 5. The topological polar surface area (TPSA) is 77.8 Å². The van der Waals surface area contributed by atoms with Gasteiger partial charge < -0.3 is 10.3 Å². The minimum atomic E-state index is 0.284. The quantitative estimate of drug-likeness (QED) is 0.701. The summed E-state index contributed by atoms with van der Waals surface area (Å²) in [5.41, 5.74) is 6.72. The predicted molar refractivity (Wildman–Crippen MR) is 46.7 cm³/mol. The van der Waals surface area contributed by atoms with Gasteiger partial charge >= 0.3 is 0 Å². The Morgan fingerprint density at radius 2 is 2.23 bits per heavy atom. The second-order valence-electron chi connectivity index (χ2n) is 2.60. The highest BCUT2D eigenvalue weighted by Gasteiger charge is 2.05. The molecule has 0 aliphatic rings. The van der Waals surface area contributed by atoms with Crippen molar-refractivity contribution in [1.29, 1.82) is 0 Å². The molecule has 2 aromatic rings. The number of anilines is 1. The number of nitrogen functional groups attached to an aromatic ring is 1. The van der Waals surface area contributed by atoms with Crippen LogP contribution in [0.4, 0.5) is 5.88 Å². The van der Waals surface area contributed by atoms with Gasteiger partial charge in [0.2, 0.25) is 5.88 Å². The van der Waals surface area contributed by atoms with Gasteiger partial charge in [0.25, 0.3) is 0 Å². The molecule has 5 nitrogen and oxygen atoms in total. The zero-order valence-corrected chi connectivity index (χ0v) is 7.06. The van der Waals surface area contributed by atoms with Crippen LogP contribution < -0.4 is 5.73 Å². The molecule has 2 aromatic heterocycles. The van der Waals surface area contributed by atoms with Gasteiger partial charge in [-0.2, -0.15) is 0 Å². The van der Waals surface area contributed by atoms with Crippen LogP contribution in [0, 0.1) is 6.92 Å². The molecule has 66 valence electrons. The van der Waals surface area contributed by atoms with E-state index in [0.29, 0.717) is 17.2 Å². The van der Waals surface area contributed by atoms with E-state index in [0.717, 1.165) is 0 Å². The smallest absolute Gasteiger partial charge is 0.222 e. The summed E-state index contributed by atoms with van der Waals surface area (Å²) in [4.78, 5) is 8.14. The van der Waals surface area contributed by atoms with Crippen molar-refractivity contribution in [2.45, 2.75) is 6.92 Å². The highest BCUT2D eigenvalue weighted by molar-refractivity contribution is 5.55. The molecule has 13 heavy (non-hydrogen) atoms. The molecule has 0 spiro atoms. The first kappa shape index (κ1) is 7.72. The summed E-state index contributed by atoms with van der Waals surface area (Å²) in [7, 11) is 0. The summed E-state index contributed by atoms with van der Waals surface area (Å²) in [6, 6.07) is 3.38. The normalized spacial score (nSPS) is 10.2. The predicted octanol–water partition coefficient (Wildman–Crippen LogP) is 1.02. The Morgan fingerprint density at radius 1 is 1.38 bits per heavy atom. The van der Waals surface area contributed by atoms with Gasteiger partial charge in [0.05, 0.1) is 5.69 Å². The van der Waals surface area contributed by atoms with Gasteiger partial charge in [-0.15, -0.1) is 0 Å². The van der Waals surface area contributed by atoms with E-state index in [4.69, 9.17) is 10.3 Å². The molecule has 0 aliphatic carbocycles. The van der Waals surface area contributed by atoms with Crippen molar-refractivity contribution in [3.8, 4) is 11.4 Å². The summed E-state index contributed by atoms with van der Waals surface area (Å²) in [5, 5.41) is 3.74. The molecule has 2 rings (SSSR count). The summed E-state index contributed by atoms with van der Waals surface area (Å²) in [6.07, 6.45) is 1.67. The number of aromatic nitrogens is 3. The Balaban J connectivity index is 2.46. The summed E-state index contributed by atoms with van der Waals surface area (Å²) >= 11 is 0. The maximum atomic E-state index is 5.38. The van der Waals surface area contributed by atoms with Crippen molar-refractivity contribution in [2.24, 2.45) is 0 Å². The van der Waals surface area contributed by atoms with Gasteiger partial charge in [0.15, 0.2) is 0 Å². The lowest BCUT2D eigenvalue weighted by Gasteiger charge is -1.94. The Labute approximate surface area is 74.6 Å². The maximum absolute atomic E-state index is 5.38. The van der Waals surface area contributed by atoms with Crippen molar-refractivity contribution in [3.63, 3.8) is 0 Å². The number of rotatable bonds is 1. The minimum absolute atomic E-state index is 0.284. The van der Waals surface area contributed by atoms with E-state index in [9.17, 15) is 0 Å². The fourth-order valence-electron chi connectivity index (χ4n) is 1.01. The van der Waals surface area contributed by atoms with Gasteiger partial charge in [-0.05, 0) is 13.0 Å². The van der Waals surface area contributed by atoms with Gasteiger partial charge in [-0.25, -0.2) is 9.97 Å². The highest BCUT2D eigenvalue weighted by Crippen LogP contribution is 2.16. The van der Waals surface area contributed by atoms with E-state index < -0.39 is 0 Å². The standard InChI is InChI=1S/C8H8N4O/c1-5-10-3-2-6(11-5)7-4-8(9)13-12-7/h2-4H,9H2,1H3. The van der Waals surface area contributed by atoms with Gasteiger partial charge in [-0.1, -0.05) is 5.16 Å². The fraction of sp³-hybridized carbons (Fsp3) is 0.125. The molecule has 0 radical (unpaired) electrons. The average molecular weight is 176 g/mol. The van der Waals surface area contributed by atoms with Crippen LogP contribution in [-0.2, 0) is 0 Å². The van der Waals surface area contributed by atoms with Crippen molar-refractivity contribution in [1.82, 2.24) is 15.1 Å². The average Bonchev–Trinajstić information content (AvgIpc) is 2.52. The summed E-state index contributed by atoms with van der Waals surface area (Å²) in [6.45, 7) is 1.81. The zero-order chi connectivity index (χ0) is 9.26. The largest absolute Gasteiger partial charge is 0.368 e. The molecule has 0 fully saturated rings. The molecule has 0 unspecified atom stereocenters. The van der Waals surface area contributed by atoms with E-state index in [1.54, 1.807) is 18.3 Å². The number of aryl methyl sites for hydroxylation is 1. The first-order valence-corrected chi connectivity index (χ1v) is 3.78. The second-order valence-corrected chi connectivity index (χ2v) is 2.60. The molecule has 5 heteroatoms. The molecule has 0 aromatic carbocycles. The van der Waals surface area contributed by atoms with Crippen LogP contribution in [0.5, 0.6) is 0 Å². The Bertz CT molecular complexity index is 424. The van der Waals surface area contributed by atoms with Crippen LogP contribution in [-0.4, -0.2) is 15.1 Å². The molecule has 0 aliphatic heterocycles. The van der Waals surface area contributed by atoms with E-state index in [-0.39, 0.29) is 5.88 Å². The third kappa shape index (κ3) is 1.48. The minimum Gasteiger partial charge on any atom is -0.368 e. The van der Waals surface area contributed by atoms with Gasteiger partial charge in [-0.3, -0.25) is 0 Å². The molecular formula is C8H8N4O. The number of nitrogens with two attached hydrogens (primary N) is 1. The summed E-state index contributed by atoms with van der Waals surface area (Å²) in [5.74, 6) is 0.977. The van der Waals surface area contributed by atoms with Crippen LogP contribution in [0.1, 0.15) is 5.82 Å². The first-order chi connectivity index (χ1) is 6.25. The highest BCUT2D eigenvalue weighted by atomic mass is 16.5. The van der Waals surface area contributed by atoms with E-state index >= 15 is 0 Å². The molecule has 0 amide bonds. The van der Waals surface area contributed by atoms with E-state index in [2.05, 4.69) is 15.1 Å². The van der Waals surface area contributed by atoms with Crippen LogP contribution in [0.15, 0.2) is 22.9 Å². The van der Waals surface area contributed by atoms with Crippen molar-refractivity contribution in [2.75, 3.05) is 5.73 Å². The SMILES string of the molecule is Cc1nccc(-c2cc(N)on2)n1. The van der Waals surface area contributed by atoms with Crippen LogP contribution in [0.3, 0.4) is 0 Å². The van der Waals surface area contributed by atoms with Crippen LogP contribution >= 0.6 is 0 Å². The Morgan fingerprint density at radius 3 is 2.85 bits per heavy atom. The Kier molecular flexibility index (Phi) is 1.70. The summed E-state index contributed by atoms with van der Waals surface area (Å²) < 4.78 is 4.73. The molecule has 0 saturated carbocycles. The Hall–Kier alpha value is -1.91. The van der Waals surface area contributed by atoms with E-state index in [1.165, 1.54) is 0 Å². The van der Waals surface area contributed by atoms with Gasteiger partial charge in [0.1, 0.15) is 11.5 Å². The fourth-order valence-corrected chi connectivity index (χ4v) is 1.01. The van der Waals surface area contributed by atoms with Crippen molar-refractivity contribution >= 4 is 5.88 Å². The van der Waals surface area contributed by atoms with Crippen LogP contribution in [0.2, 0.25) is 0 Å². The van der Waals surface area contributed by atoms with Crippen molar-refractivity contribution in [3.05, 3.63) is 24.2 Å². The third-order valence-corrected chi connectivity index (χ3v) is 1.57. The molecule has 0 bridgehead atoms. The van der Waals surface area contributed by atoms with Crippen molar-refractivity contribution < 1.29 is 4.52 Å². The monoisotopic (exact) mass is 176 g/mol.